The lowest BCUT2D eigenvalue weighted by molar-refractivity contribution is -0.154. The zero-order valence-electron chi connectivity index (χ0n) is 25.4. The molecule has 4 aromatic rings. The Labute approximate surface area is 259 Å². The van der Waals surface area contributed by atoms with Crippen LogP contribution in [-0.4, -0.2) is 31.3 Å². The molecule has 0 bridgehead atoms. The van der Waals surface area contributed by atoms with Gasteiger partial charge in [0, 0.05) is 28.7 Å². The van der Waals surface area contributed by atoms with E-state index >= 15 is 0 Å². The van der Waals surface area contributed by atoms with Crippen molar-refractivity contribution in [2.45, 2.75) is 26.9 Å². The fourth-order valence-corrected chi connectivity index (χ4v) is 4.25. The number of carbonyl (C=O) groups is 2. The van der Waals surface area contributed by atoms with Crippen LogP contribution in [0.4, 0.5) is 17.1 Å². The largest absolute Gasteiger partial charge is 0.490 e. The number of aryl methyl sites for hydroxylation is 2. The van der Waals surface area contributed by atoms with Crippen molar-refractivity contribution in [3.05, 3.63) is 144 Å². The summed E-state index contributed by atoms with van der Waals surface area (Å²) in [5, 5.41) is 0. The third-order valence-electron chi connectivity index (χ3n) is 6.72. The first kappa shape index (κ1) is 31.6. The molecule has 1 atom stereocenters. The van der Waals surface area contributed by atoms with Crippen LogP contribution in [0.5, 0.6) is 5.75 Å². The average molecular weight is 588 g/mol. The van der Waals surface area contributed by atoms with E-state index in [0.29, 0.717) is 5.75 Å². The predicted octanol–water partition coefficient (Wildman–Crippen LogP) is 8.54. The Bertz CT molecular complexity index is 1560. The first-order valence-corrected chi connectivity index (χ1v) is 14.3. The van der Waals surface area contributed by atoms with Crippen LogP contribution in [0, 0.1) is 13.8 Å². The van der Waals surface area contributed by atoms with Gasteiger partial charge in [0.2, 0.25) is 0 Å². The summed E-state index contributed by atoms with van der Waals surface area (Å²) in [5.74, 6) is -0.605. The minimum absolute atomic E-state index is 0.00673. The maximum Gasteiger partial charge on any atom is 0.333 e. The van der Waals surface area contributed by atoms with Gasteiger partial charge in [0.05, 0.1) is 0 Å². The summed E-state index contributed by atoms with van der Waals surface area (Å²) >= 11 is 0. The Morgan fingerprint density at radius 1 is 0.727 bits per heavy atom. The van der Waals surface area contributed by atoms with Gasteiger partial charge in [0.15, 0.2) is 6.10 Å². The van der Waals surface area contributed by atoms with Gasteiger partial charge in [-0.15, -0.1) is 0 Å². The molecular weight excluding hydrogens is 550 g/mol. The van der Waals surface area contributed by atoms with Crippen LogP contribution >= 0.6 is 0 Å². The van der Waals surface area contributed by atoms with E-state index < -0.39 is 18.0 Å². The van der Waals surface area contributed by atoms with E-state index in [1.54, 1.807) is 6.92 Å². The standard InChI is InChI=1S/C38H37NO5/c1-6-37(40)44-36(26-43-38(41)27(2)3)25-42-35-23-15-31(16-24-35)12-11-30-13-21-34(22-14-30)39(32-17-7-28(4)8-18-32)33-19-9-29(5)10-20-33/h6-24,36H,1-2,25-26H2,3-5H3/b12-11+. The number of benzene rings is 4. The zero-order chi connectivity index (χ0) is 31.5. The highest BCUT2D eigenvalue weighted by atomic mass is 16.6. The van der Waals surface area contributed by atoms with Crippen molar-refractivity contribution in [2.24, 2.45) is 0 Å². The Hall–Kier alpha value is -5.36. The minimum Gasteiger partial charge on any atom is -0.490 e. The fraction of sp³-hybridized carbons (Fsp3) is 0.158. The Morgan fingerprint density at radius 2 is 1.18 bits per heavy atom. The lowest BCUT2D eigenvalue weighted by atomic mass is 10.1. The molecular formula is C38H37NO5. The molecule has 0 saturated heterocycles. The maximum atomic E-state index is 11.7. The average Bonchev–Trinajstić information content (AvgIpc) is 3.04. The van der Waals surface area contributed by atoms with E-state index in [9.17, 15) is 9.59 Å². The summed E-state index contributed by atoms with van der Waals surface area (Å²) in [5.41, 5.74) is 8.03. The van der Waals surface area contributed by atoms with Crippen LogP contribution in [0.15, 0.2) is 122 Å². The smallest absolute Gasteiger partial charge is 0.333 e. The fourth-order valence-electron chi connectivity index (χ4n) is 4.25. The second-order valence-electron chi connectivity index (χ2n) is 10.5. The number of anilines is 3. The molecule has 0 saturated carbocycles. The quantitative estimate of drug-likeness (QED) is 0.0887. The van der Waals surface area contributed by atoms with Crippen LogP contribution < -0.4 is 9.64 Å². The minimum atomic E-state index is -0.792. The molecule has 6 heteroatoms. The van der Waals surface area contributed by atoms with E-state index in [1.165, 1.54) is 11.1 Å². The third-order valence-corrected chi connectivity index (χ3v) is 6.72. The number of ether oxygens (including phenoxy) is 3. The summed E-state index contributed by atoms with van der Waals surface area (Å²) in [7, 11) is 0. The van der Waals surface area contributed by atoms with Crippen molar-refractivity contribution in [1.29, 1.82) is 0 Å². The van der Waals surface area contributed by atoms with Gasteiger partial charge in [-0.2, -0.15) is 0 Å². The van der Waals surface area contributed by atoms with Gasteiger partial charge in [-0.1, -0.05) is 85.0 Å². The summed E-state index contributed by atoms with van der Waals surface area (Å²) < 4.78 is 16.2. The molecule has 0 aliphatic heterocycles. The summed E-state index contributed by atoms with van der Waals surface area (Å²) in [6.45, 7) is 12.5. The normalized spacial score (nSPS) is 11.4. The number of hydrogen-bond acceptors (Lipinski definition) is 6. The van der Waals surface area contributed by atoms with Gasteiger partial charge in [-0.25, -0.2) is 9.59 Å². The third kappa shape index (κ3) is 9.07. The van der Waals surface area contributed by atoms with Gasteiger partial charge in [-0.05, 0) is 80.4 Å². The second-order valence-corrected chi connectivity index (χ2v) is 10.5. The molecule has 6 nitrogen and oxygen atoms in total. The summed E-state index contributed by atoms with van der Waals surface area (Å²) in [4.78, 5) is 25.7. The molecule has 4 rings (SSSR count). The molecule has 0 amide bonds. The van der Waals surface area contributed by atoms with Crippen molar-refractivity contribution < 1.29 is 23.8 Å². The van der Waals surface area contributed by atoms with Gasteiger partial charge in [0.1, 0.15) is 19.0 Å². The number of nitrogens with zero attached hydrogens (tertiary/aromatic N) is 1. The van der Waals surface area contributed by atoms with E-state index in [-0.39, 0.29) is 18.8 Å². The molecule has 1 unspecified atom stereocenters. The molecule has 4 aromatic carbocycles. The van der Waals surface area contributed by atoms with Gasteiger partial charge in [0.25, 0.3) is 0 Å². The molecule has 0 fully saturated rings. The van der Waals surface area contributed by atoms with E-state index in [2.05, 4.69) is 111 Å². The van der Waals surface area contributed by atoms with Crippen molar-refractivity contribution in [2.75, 3.05) is 18.1 Å². The Balaban J connectivity index is 1.40. The molecule has 224 valence electrons. The second kappa shape index (κ2) is 15.2. The Kier molecular flexibility index (Phi) is 10.9. The van der Waals surface area contributed by atoms with E-state index in [1.807, 2.05) is 30.3 Å². The number of hydrogen-bond donors (Lipinski definition) is 0. The Morgan fingerprint density at radius 3 is 1.64 bits per heavy atom. The highest BCUT2D eigenvalue weighted by Gasteiger charge is 2.17. The van der Waals surface area contributed by atoms with Crippen LogP contribution in [0.2, 0.25) is 0 Å². The van der Waals surface area contributed by atoms with Crippen LogP contribution in [0.1, 0.15) is 29.2 Å². The predicted molar refractivity (Wildman–Crippen MR) is 177 cm³/mol. The van der Waals surface area contributed by atoms with Crippen LogP contribution in [-0.2, 0) is 19.1 Å². The van der Waals surface area contributed by atoms with E-state index in [4.69, 9.17) is 14.2 Å². The van der Waals surface area contributed by atoms with E-state index in [0.717, 1.165) is 34.3 Å². The number of rotatable bonds is 13. The summed E-state index contributed by atoms with van der Waals surface area (Å²) in [6.07, 6.45) is 4.34. The lowest BCUT2D eigenvalue weighted by Gasteiger charge is -2.25. The van der Waals surface area contributed by atoms with Crippen molar-refractivity contribution in [1.82, 2.24) is 0 Å². The van der Waals surface area contributed by atoms with Crippen LogP contribution in [0.25, 0.3) is 12.2 Å². The lowest BCUT2D eigenvalue weighted by Crippen LogP contribution is -2.30. The molecule has 0 spiro atoms. The van der Waals surface area contributed by atoms with Crippen molar-refractivity contribution in [3.63, 3.8) is 0 Å². The number of esters is 2. The molecule has 0 aliphatic carbocycles. The van der Waals surface area contributed by atoms with Gasteiger partial charge < -0.3 is 19.1 Å². The molecule has 0 aliphatic rings. The SMILES string of the molecule is C=CC(=O)OC(COC(=O)C(=C)C)COc1ccc(/C=C/c2ccc(N(c3ccc(C)cc3)c3ccc(C)cc3)cc2)cc1. The van der Waals surface area contributed by atoms with Crippen molar-refractivity contribution >= 4 is 41.2 Å². The van der Waals surface area contributed by atoms with Crippen LogP contribution in [0.3, 0.4) is 0 Å². The highest BCUT2D eigenvalue weighted by molar-refractivity contribution is 5.87. The van der Waals surface area contributed by atoms with Crippen molar-refractivity contribution in [3.8, 4) is 5.75 Å². The zero-order valence-corrected chi connectivity index (χ0v) is 25.4. The molecule has 0 N–H and O–H groups in total. The maximum absolute atomic E-state index is 11.7. The molecule has 0 heterocycles. The molecule has 44 heavy (non-hydrogen) atoms. The number of carbonyl (C=O) groups excluding carboxylic acids is 2. The first-order chi connectivity index (χ1) is 21.2. The van der Waals surface area contributed by atoms with Gasteiger partial charge >= 0.3 is 11.9 Å². The topological polar surface area (TPSA) is 65.1 Å². The summed E-state index contributed by atoms with van der Waals surface area (Å²) in [6, 6.07) is 33.0. The first-order valence-electron chi connectivity index (χ1n) is 14.3. The monoisotopic (exact) mass is 587 g/mol. The van der Waals surface area contributed by atoms with Gasteiger partial charge in [-0.3, -0.25) is 0 Å². The molecule has 0 aromatic heterocycles. The highest BCUT2D eigenvalue weighted by Crippen LogP contribution is 2.35. The molecule has 0 radical (unpaired) electrons.